The van der Waals surface area contributed by atoms with E-state index >= 15 is 0 Å². The highest BCUT2D eigenvalue weighted by Crippen LogP contribution is 2.47. The highest BCUT2D eigenvalue weighted by Gasteiger charge is 2.60. The Balaban J connectivity index is 2.32. The van der Waals surface area contributed by atoms with Gasteiger partial charge in [0.05, 0.1) is 11.0 Å². The summed E-state index contributed by atoms with van der Waals surface area (Å²) in [6, 6.07) is 3.30. The smallest absolute Gasteiger partial charge is 0.445 e. The van der Waals surface area contributed by atoms with Crippen LogP contribution in [0, 0.1) is 11.3 Å². The van der Waals surface area contributed by atoms with Gasteiger partial charge >= 0.3 is 22.2 Å². The molecule has 0 aliphatic carbocycles. The van der Waals surface area contributed by atoms with Crippen LogP contribution < -0.4 is 14.6 Å². The van der Waals surface area contributed by atoms with Crippen LogP contribution in [-0.2, 0) is 10.2 Å². The van der Waals surface area contributed by atoms with E-state index < -0.39 is 39.5 Å². The third-order valence-electron chi connectivity index (χ3n) is 3.09. The fourth-order valence-electron chi connectivity index (χ4n) is 2.05. The van der Waals surface area contributed by atoms with E-state index in [1.165, 1.54) is 6.07 Å². The summed E-state index contributed by atoms with van der Waals surface area (Å²) in [7, 11) is -4.43. The fraction of sp³-hybridized carbons (Fsp3) is 0.273. The molecule has 1 aliphatic rings. The van der Waals surface area contributed by atoms with Crippen molar-refractivity contribution in [1.82, 2.24) is 8.96 Å². The van der Waals surface area contributed by atoms with Crippen molar-refractivity contribution in [1.29, 1.82) is 5.26 Å². The van der Waals surface area contributed by atoms with E-state index in [1.807, 2.05) is 0 Å². The number of fused-ring (bicyclic) bond motifs is 2. The third-order valence-corrected chi connectivity index (χ3v) is 3.97. The molecule has 0 fully saturated rings. The molecule has 0 amide bonds. The van der Waals surface area contributed by atoms with E-state index in [1.54, 1.807) is 0 Å². The summed E-state index contributed by atoms with van der Waals surface area (Å²) in [6.07, 6.45) is -4.31. The quantitative estimate of drug-likeness (QED) is 0.821. The minimum absolute atomic E-state index is 0.126. The number of hydrogen-bond acceptors (Lipinski definition) is 6. The Morgan fingerprint density at radius 2 is 1.91 bits per heavy atom. The summed E-state index contributed by atoms with van der Waals surface area (Å²) in [5.74, 6) is -5.07. The maximum absolute atomic E-state index is 13.8. The Bertz CT molecular complexity index is 977. The van der Waals surface area contributed by atoms with Crippen molar-refractivity contribution >= 4 is 21.2 Å². The molecular weight excluding hydrogens is 341 g/mol. The van der Waals surface area contributed by atoms with Gasteiger partial charge in [-0.05, 0) is 0 Å². The predicted molar refractivity (Wildman–Crippen MR) is 68.7 cm³/mol. The summed E-state index contributed by atoms with van der Waals surface area (Å²) in [5.41, 5.74) is -0.413. The molecular formula is C11H7F3N4O4S. The van der Waals surface area contributed by atoms with E-state index in [0.29, 0.717) is 10.9 Å². The van der Waals surface area contributed by atoms with Crippen LogP contribution in [0.15, 0.2) is 12.1 Å². The number of imidazole rings is 1. The average Bonchev–Trinajstić information content (AvgIpc) is 2.74. The lowest BCUT2D eigenvalue weighted by Gasteiger charge is -2.35. The highest BCUT2D eigenvalue weighted by molar-refractivity contribution is 7.87. The second-order valence-electron chi connectivity index (χ2n) is 4.78. The summed E-state index contributed by atoms with van der Waals surface area (Å²) in [6.45, 7) is 0.476. The first-order chi connectivity index (χ1) is 10.5. The zero-order chi connectivity index (χ0) is 17.2. The van der Waals surface area contributed by atoms with Crippen LogP contribution in [0.3, 0.4) is 0 Å². The Hall–Kier alpha value is -2.52. The van der Waals surface area contributed by atoms with Gasteiger partial charge in [-0.2, -0.15) is 30.8 Å². The molecule has 8 nitrogen and oxygen atoms in total. The number of halogens is 3. The zero-order valence-electron chi connectivity index (χ0n) is 11.2. The summed E-state index contributed by atoms with van der Waals surface area (Å²) in [4.78, 5) is 3.69. The van der Waals surface area contributed by atoms with Gasteiger partial charge in [0.25, 0.3) is 0 Å². The van der Waals surface area contributed by atoms with E-state index in [-0.39, 0.29) is 11.0 Å². The van der Waals surface area contributed by atoms with Crippen LogP contribution in [0.1, 0.15) is 12.7 Å². The number of aromatic nitrogens is 2. The van der Waals surface area contributed by atoms with Crippen LogP contribution in [0.25, 0.3) is 11.0 Å². The number of nitriles is 1. The summed E-state index contributed by atoms with van der Waals surface area (Å²) in [5, 5.41) is 13.9. The predicted octanol–water partition coefficient (Wildman–Crippen LogP) is 1.01. The maximum Gasteiger partial charge on any atom is 0.471 e. The van der Waals surface area contributed by atoms with Gasteiger partial charge in [-0.25, -0.2) is 10.1 Å². The van der Waals surface area contributed by atoms with Crippen LogP contribution in [0.4, 0.5) is 13.2 Å². The number of hydrogen-bond donors (Lipinski definition) is 1. The minimum atomic E-state index is -4.43. The Morgan fingerprint density at radius 3 is 2.48 bits per heavy atom. The van der Waals surface area contributed by atoms with Gasteiger partial charge in [0.2, 0.25) is 5.82 Å². The van der Waals surface area contributed by atoms with Gasteiger partial charge in [0.1, 0.15) is 6.07 Å². The van der Waals surface area contributed by atoms with Crippen LogP contribution in [0.2, 0.25) is 0 Å². The van der Waals surface area contributed by atoms with Crippen molar-refractivity contribution in [3.8, 4) is 17.6 Å². The van der Waals surface area contributed by atoms with Crippen LogP contribution in [0.5, 0.6) is 11.5 Å². The molecule has 1 unspecified atom stereocenters. The van der Waals surface area contributed by atoms with Gasteiger partial charge in [0, 0.05) is 19.1 Å². The van der Waals surface area contributed by atoms with Gasteiger partial charge in [-0.1, -0.05) is 0 Å². The molecule has 2 N–H and O–H groups in total. The van der Waals surface area contributed by atoms with Gasteiger partial charge in [0.15, 0.2) is 11.5 Å². The SMILES string of the molecule is CC1(F)Oc2cc3nc(C#N)n(S(N)(=O)=O)c3cc2OC1(F)F. The zero-order valence-corrected chi connectivity index (χ0v) is 12.1. The molecule has 3 rings (SSSR count). The number of ether oxygens (including phenoxy) is 2. The number of nitrogens with zero attached hydrogens (tertiary/aromatic N) is 3. The van der Waals surface area contributed by atoms with Crippen molar-refractivity contribution in [3.63, 3.8) is 0 Å². The Morgan fingerprint density at radius 1 is 1.30 bits per heavy atom. The molecule has 0 spiro atoms. The molecule has 122 valence electrons. The first kappa shape index (κ1) is 15.4. The monoisotopic (exact) mass is 348 g/mol. The van der Waals surface area contributed by atoms with E-state index in [0.717, 1.165) is 12.1 Å². The topological polar surface area (TPSA) is 120 Å². The summed E-state index contributed by atoms with van der Waals surface area (Å²) >= 11 is 0. The Labute approximate surface area is 127 Å². The average molecular weight is 348 g/mol. The maximum atomic E-state index is 13.8. The summed E-state index contributed by atoms with van der Waals surface area (Å²) < 4.78 is 73.1. The van der Waals surface area contributed by atoms with Crippen molar-refractivity contribution in [3.05, 3.63) is 18.0 Å². The molecule has 2 heterocycles. The largest absolute Gasteiger partial charge is 0.471 e. The van der Waals surface area contributed by atoms with Gasteiger partial charge in [-0.3, -0.25) is 0 Å². The molecule has 23 heavy (non-hydrogen) atoms. The van der Waals surface area contributed by atoms with Crippen molar-refractivity contribution in [2.45, 2.75) is 18.9 Å². The lowest BCUT2D eigenvalue weighted by molar-refractivity contribution is -0.332. The van der Waals surface area contributed by atoms with Crippen molar-refractivity contribution < 1.29 is 31.1 Å². The van der Waals surface area contributed by atoms with E-state index in [9.17, 15) is 21.6 Å². The molecule has 1 atom stereocenters. The number of rotatable bonds is 1. The first-order valence-electron chi connectivity index (χ1n) is 5.91. The lowest BCUT2D eigenvalue weighted by atomic mass is 10.2. The van der Waals surface area contributed by atoms with Crippen molar-refractivity contribution in [2.24, 2.45) is 5.14 Å². The lowest BCUT2D eigenvalue weighted by Crippen LogP contribution is -2.53. The highest BCUT2D eigenvalue weighted by atomic mass is 32.2. The van der Waals surface area contributed by atoms with Crippen molar-refractivity contribution in [2.75, 3.05) is 0 Å². The van der Waals surface area contributed by atoms with E-state index in [4.69, 9.17) is 10.4 Å². The minimum Gasteiger partial charge on any atom is -0.445 e. The normalized spacial score (nSPS) is 22.8. The number of alkyl halides is 3. The standard InChI is InChI=1S/C11H7F3N4O4S/c1-10(12)11(13,14)22-8-3-6-5(2-7(8)21-10)17-9(4-15)18(6)23(16,19)20/h2-3H,1H3,(H2,16,19,20). The molecule has 2 aromatic rings. The molecule has 1 aromatic carbocycles. The number of nitrogens with two attached hydrogens (primary N) is 1. The fourth-order valence-corrected chi connectivity index (χ4v) is 2.79. The molecule has 1 aromatic heterocycles. The second-order valence-corrected chi connectivity index (χ2v) is 6.18. The first-order valence-corrected chi connectivity index (χ1v) is 7.41. The number of benzene rings is 1. The van der Waals surface area contributed by atoms with Gasteiger partial charge < -0.3 is 9.47 Å². The third kappa shape index (κ3) is 2.16. The molecule has 1 aliphatic heterocycles. The molecule has 0 radical (unpaired) electrons. The Kier molecular flexibility index (Phi) is 2.85. The van der Waals surface area contributed by atoms with Crippen LogP contribution >= 0.6 is 0 Å². The molecule has 0 saturated heterocycles. The van der Waals surface area contributed by atoms with E-state index in [2.05, 4.69) is 14.5 Å². The molecule has 12 heteroatoms. The van der Waals surface area contributed by atoms with Crippen LogP contribution in [-0.4, -0.2) is 29.3 Å². The van der Waals surface area contributed by atoms with Gasteiger partial charge in [-0.15, -0.1) is 0 Å². The molecule has 0 bridgehead atoms. The molecule has 0 saturated carbocycles. The second kappa shape index (κ2) is 4.27.